The van der Waals surface area contributed by atoms with Gasteiger partial charge < -0.3 is 5.11 Å². The second kappa shape index (κ2) is 14.4. The first-order chi connectivity index (χ1) is 9.26. The molecular formula is C18H38O. The molecule has 0 saturated carbocycles. The Hall–Kier alpha value is -0.0400. The van der Waals surface area contributed by atoms with Gasteiger partial charge in [-0.15, -0.1) is 0 Å². The molecule has 0 rings (SSSR count). The molecule has 0 aliphatic carbocycles. The van der Waals surface area contributed by atoms with Crippen LogP contribution < -0.4 is 0 Å². The van der Waals surface area contributed by atoms with Crippen LogP contribution in [-0.4, -0.2) is 11.2 Å². The first-order valence-electron chi connectivity index (χ1n) is 8.94. The fraction of sp³-hybridized carbons (Fsp3) is 1.00. The van der Waals surface area contributed by atoms with Crippen molar-refractivity contribution >= 4 is 0 Å². The fourth-order valence-electron chi connectivity index (χ4n) is 2.88. The Bertz CT molecular complexity index is 167. The summed E-state index contributed by atoms with van der Waals surface area (Å²) >= 11 is 0. The SMILES string of the molecule is CCCCCCCCC(CCCCCC)C(O)CC. The van der Waals surface area contributed by atoms with Gasteiger partial charge in [-0.1, -0.05) is 85.0 Å². The quantitative estimate of drug-likeness (QED) is 0.378. The highest BCUT2D eigenvalue weighted by Gasteiger charge is 2.16. The van der Waals surface area contributed by atoms with Gasteiger partial charge in [0.2, 0.25) is 0 Å². The molecular weight excluding hydrogens is 232 g/mol. The lowest BCUT2D eigenvalue weighted by Gasteiger charge is -2.22. The lowest BCUT2D eigenvalue weighted by atomic mass is 9.88. The number of aliphatic hydroxyl groups excluding tert-OH is 1. The van der Waals surface area contributed by atoms with Gasteiger partial charge in [-0.3, -0.25) is 0 Å². The van der Waals surface area contributed by atoms with Crippen molar-refractivity contribution in [3.63, 3.8) is 0 Å². The van der Waals surface area contributed by atoms with E-state index in [1.807, 2.05) is 0 Å². The number of unbranched alkanes of at least 4 members (excludes halogenated alkanes) is 8. The van der Waals surface area contributed by atoms with Gasteiger partial charge in [-0.2, -0.15) is 0 Å². The standard InChI is InChI=1S/C18H38O/c1-4-7-9-11-12-14-16-17(18(19)6-3)15-13-10-8-5-2/h17-19H,4-16H2,1-3H3. The average molecular weight is 271 g/mol. The van der Waals surface area contributed by atoms with Crippen LogP contribution in [0.25, 0.3) is 0 Å². The molecule has 116 valence electrons. The van der Waals surface area contributed by atoms with E-state index in [1.54, 1.807) is 0 Å². The van der Waals surface area contributed by atoms with E-state index in [9.17, 15) is 5.11 Å². The van der Waals surface area contributed by atoms with E-state index in [4.69, 9.17) is 0 Å². The molecule has 0 aromatic rings. The second-order valence-electron chi connectivity index (χ2n) is 6.14. The summed E-state index contributed by atoms with van der Waals surface area (Å²) in [5.41, 5.74) is 0. The van der Waals surface area contributed by atoms with Crippen molar-refractivity contribution in [2.24, 2.45) is 5.92 Å². The van der Waals surface area contributed by atoms with E-state index in [1.165, 1.54) is 77.0 Å². The van der Waals surface area contributed by atoms with Crippen molar-refractivity contribution < 1.29 is 5.11 Å². The number of aliphatic hydroxyl groups is 1. The summed E-state index contributed by atoms with van der Waals surface area (Å²) in [6.45, 7) is 6.64. The molecule has 1 nitrogen and oxygen atoms in total. The molecule has 0 amide bonds. The average Bonchev–Trinajstić information content (AvgIpc) is 2.44. The van der Waals surface area contributed by atoms with Crippen molar-refractivity contribution in [1.29, 1.82) is 0 Å². The molecule has 0 spiro atoms. The monoisotopic (exact) mass is 270 g/mol. The van der Waals surface area contributed by atoms with Crippen LogP contribution in [0, 0.1) is 5.92 Å². The van der Waals surface area contributed by atoms with Crippen molar-refractivity contribution in [2.45, 2.75) is 110 Å². The van der Waals surface area contributed by atoms with E-state index >= 15 is 0 Å². The van der Waals surface area contributed by atoms with Crippen LogP contribution in [0.4, 0.5) is 0 Å². The molecule has 0 aliphatic heterocycles. The van der Waals surface area contributed by atoms with Crippen LogP contribution in [0.5, 0.6) is 0 Å². The van der Waals surface area contributed by atoms with E-state index < -0.39 is 0 Å². The van der Waals surface area contributed by atoms with E-state index in [-0.39, 0.29) is 6.10 Å². The smallest absolute Gasteiger partial charge is 0.0565 e. The summed E-state index contributed by atoms with van der Waals surface area (Å²) in [5.74, 6) is 0.563. The van der Waals surface area contributed by atoms with Crippen molar-refractivity contribution in [3.8, 4) is 0 Å². The minimum absolute atomic E-state index is 0.0581. The normalized spacial score (nSPS) is 14.5. The van der Waals surface area contributed by atoms with Gasteiger partial charge >= 0.3 is 0 Å². The molecule has 1 N–H and O–H groups in total. The van der Waals surface area contributed by atoms with Gasteiger partial charge in [0.25, 0.3) is 0 Å². The molecule has 1 heteroatoms. The minimum atomic E-state index is -0.0581. The largest absolute Gasteiger partial charge is 0.393 e. The molecule has 2 unspecified atom stereocenters. The lowest BCUT2D eigenvalue weighted by Crippen LogP contribution is -2.19. The summed E-state index contributed by atoms with van der Waals surface area (Å²) in [7, 11) is 0. The van der Waals surface area contributed by atoms with Crippen LogP contribution in [0.2, 0.25) is 0 Å². The van der Waals surface area contributed by atoms with Crippen molar-refractivity contribution in [1.82, 2.24) is 0 Å². The third-order valence-corrected chi connectivity index (χ3v) is 4.32. The van der Waals surface area contributed by atoms with Crippen LogP contribution >= 0.6 is 0 Å². The molecule has 0 heterocycles. The zero-order valence-electron chi connectivity index (χ0n) is 13.8. The second-order valence-corrected chi connectivity index (χ2v) is 6.14. The van der Waals surface area contributed by atoms with Gasteiger partial charge in [0.05, 0.1) is 6.10 Å². The van der Waals surface area contributed by atoms with Crippen molar-refractivity contribution in [3.05, 3.63) is 0 Å². The maximum absolute atomic E-state index is 10.1. The Kier molecular flexibility index (Phi) is 14.3. The highest BCUT2D eigenvalue weighted by Crippen LogP contribution is 2.23. The van der Waals surface area contributed by atoms with Gasteiger partial charge in [0.15, 0.2) is 0 Å². The van der Waals surface area contributed by atoms with Crippen LogP contribution in [-0.2, 0) is 0 Å². The Morgan fingerprint density at radius 1 is 0.632 bits per heavy atom. The molecule has 2 atom stereocenters. The number of hydrogen-bond acceptors (Lipinski definition) is 1. The lowest BCUT2D eigenvalue weighted by molar-refractivity contribution is 0.0901. The summed E-state index contributed by atoms with van der Waals surface area (Å²) in [5, 5.41) is 10.1. The highest BCUT2D eigenvalue weighted by atomic mass is 16.3. The first kappa shape index (κ1) is 19.0. The Morgan fingerprint density at radius 3 is 1.53 bits per heavy atom. The number of hydrogen-bond donors (Lipinski definition) is 1. The molecule has 0 aliphatic rings. The molecule has 0 bridgehead atoms. The third-order valence-electron chi connectivity index (χ3n) is 4.32. The Balaban J connectivity index is 3.68. The minimum Gasteiger partial charge on any atom is -0.393 e. The number of rotatable bonds is 14. The van der Waals surface area contributed by atoms with Gasteiger partial charge in [0.1, 0.15) is 0 Å². The summed E-state index contributed by atoms with van der Waals surface area (Å²) in [6.07, 6.45) is 16.8. The third kappa shape index (κ3) is 11.5. The zero-order chi connectivity index (χ0) is 14.3. The molecule has 0 saturated heterocycles. The maximum Gasteiger partial charge on any atom is 0.0565 e. The summed E-state index contributed by atoms with van der Waals surface area (Å²) in [6, 6.07) is 0. The molecule has 0 fully saturated rings. The van der Waals surface area contributed by atoms with Gasteiger partial charge in [-0.05, 0) is 25.2 Å². The predicted molar refractivity (Wildman–Crippen MR) is 86.5 cm³/mol. The van der Waals surface area contributed by atoms with Crippen molar-refractivity contribution in [2.75, 3.05) is 0 Å². The molecule has 19 heavy (non-hydrogen) atoms. The Labute approximate surface area is 122 Å². The highest BCUT2D eigenvalue weighted by molar-refractivity contribution is 4.68. The van der Waals surface area contributed by atoms with Crippen LogP contribution in [0.15, 0.2) is 0 Å². The molecule has 0 aromatic carbocycles. The topological polar surface area (TPSA) is 20.2 Å². The van der Waals surface area contributed by atoms with E-state index in [2.05, 4.69) is 20.8 Å². The zero-order valence-corrected chi connectivity index (χ0v) is 13.8. The maximum atomic E-state index is 10.1. The first-order valence-corrected chi connectivity index (χ1v) is 8.94. The van der Waals surface area contributed by atoms with Gasteiger partial charge in [0, 0.05) is 0 Å². The summed E-state index contributed by atoms with van der Waals surface area (Å²) in [4.78, 5) is 0. The molecule has 0 radical (unpaired) electrons. The Morgan fingerprint density at radius 2 is 1.05 bits per heavy atom. The predicted octanol–water partition coefficient (Wildman–Crippen LogP) is 6.09. The fourth-order valence-corrected chi connectivity index (χ4v) is 2.88. The molecule has 0 aromatic heterocycles. The van der Waals surface area contributed by atoms with Crippen LogP contribution in [0.3, 0.4) is 0 Å². The van der Waals surface area contributed by atoms with E-state index in [0.717, 1.165) is 6.42 Å². The van der Waals surface area contributed by atoms with Crippen LogP contribution in [0.1, 0.15) is 104 Å². The van der Waals surface area contributed by atoms with E-state index in [0.29, 0.717) is 5.92 Å². The van der Waals surface area contributed by atoms with Gasteiger partial charge in [-0.25, -0.2) is 0 Å². The summed E-state index contributed by atoms with van der Waals surface area (Å²) < 4.78 is 0.